The minimum atomic E-state index is 0.226. The van der Waals surface area contributed by atoms with E-state index in [4.69, 9.17) is 9.47 Å². The van der Waals surface area contributed by atoms with Crippen LogP contribution >= 0.6 is 0 Å². The molecule has 1 spiro atoms. The van der Waals surface area contributed by atoms with Crippen LogP contribution in [0.4, 0.5) is 5.69 Å². The van der Waals surface area contributed by atoms with Gasteiger partial charge in [0.1, 0.15) is 11.9 Å². The Kier molecular flexibility index (Phi) is 4.76. The van der Waals surface area contributed by atoms with Gasteiger partial charge in [0.25, 0.3) is 0 Å². The van der Waals surface area contributed by atoms with Gasteiger partial charge in [0.15, 0.2) is 0 Å². The highest BCUT2D eigenvalue weighted by atomic mass is 16.6. The summed E-state index contributed by atoms with van der Waals surface area (Å²) >= 11 is 0. The fraction of sp³-hybridized carbons (Fsp3) is 0.652. The number of fused-ring (bicyclic) bond motifs is 4. The minimum absolute atomic E-state index is 0.226. The van der Waals surface area contributed by atoms with E-state index < -0.39 is 0 Å². The van der Waals surface area contributed by atoms with Crippen molar-refractivity contribution in [2.45, 2.75) is 63.8 Å². The molecule has 4 nitrogen and oxygen atoms in total. The lowest BCUT2D eigenvalue weighted by Crippen LogP contribution is -2.62. The molecule has 27 heavy (non-hydrogen) atoms. The van der Waals surface area contributed by atoms with E-state index in [0.717, 1.165) is 12.3 Å². The van der Waals surface area contributed by atoms with Crippen LogP contribution in [0, 0.1) is 5.92 Å². The van der Waals surface area contributed by atoms with E-state index in [1.165, 1.54) is 24.2 Å². The first-order valence-electron chi connectivity index (χ1n) is 10.7. The van der Waals surface area contributed by atoms with Gasteiger partial charge >= 0.3 is 0 Å². The highest BCUT2D eigenvalue weighted by Gasteiger charge is 2.73. The molecule has 6 unspecified atom stereocenters. The van der Waals surface area contributed by atoms with Crippen LogP contribution in [-0.4, -0.2) is 56.4 Å². The molecule has 1 aromatic rings. The molecule has 0 aromatic heterocycles. The molecule has 4 heterocycles. The standard InChI is InChI=1S/C19H22N2O2.2C2H6/c1-20-14-10-11(22-2)5-6-13(14)19-7-9-21-8-3-4-12(17(19)21)15-16(23-15)18(19)20;2*1-2/h3-6,10,12,15-18H,7-9H2,1-2H3;2*1-2H3. The number of anilines is 1. The van der Waals surface area contributed by atoms with Gasteiger partial charge in [0, 0.05) is 42.7 Å². The van der Waals surface area contributed by atoms with Gasteiger partial charge in [-0.1, -0.05) is 45.9 Å². The van der Waals surface area contributed by atoms with Gasteiger partial charge in [-0.05, 0) is 24.6 Å². The van der Waals surface area contributed by atoms with E-state index in [-0.39, 0.29) is 5.41 Å². The molecule has 0 radical (unpaired) electrons. The molecule has 1 aromatic carbocycles. The molecule has 1 saturated carbocycles. The van der Waals surface area contributed by atoms with Crippen LogP contribution < -0.4 is 9.64 Å². The van der Waals surface area contributed by atoms with E-state index in [1.54, 1.807) is 7.11 Å². The molecular formula is C23H34N2O2. The summed E-state index contributed by atoms with van der Waals surface area (Å²) in [6.45, 7) is 10.3. The molecule has 6 atom stereocenters. The summed E-state index contributed by atoms with van der Waals surface area (Å²) in [6, 6.07) is 7.76. The summed E-state index contributed by atoms with van der Waals surface area (Å²) in [4.78, 5) is 5.18. The second-order valence-corrected chi connectivity index (χ2v) is 7.74. The Balaban J connectivity index is 0.000000425. The molecule has 3 fully saturated rings. The first kappa shape index (κ1) is 18.8. The fourth-order valence-corrected chi connectivity index (χ4v) is 6.29. The van der Waals surface area contributed by atoms with Gasteiger partial charge in [-0.15, -0.1) is 0 Å². The highest BCUT2D eigenvalue weighted by molar-refractivity contribution is 5.69. The molecule has 0 amide bonds. The predicted octanol–water partition coefficient (Wildman–Crippen LogP) is 3.85. The van der Waals surface area contributed by atoms with Gasteiger partial charge in [-0.25, -0.2) is 0 Å². The number of hydrogen-bond acceptors (Lipinski definition) is 4. The summed E-state index contributed by atoms with van der Waals surface area (Å²) in [5.74, 6) is 1.52. The van der Waals surface area contributed by atoms with Crippen LogP contribution in [-0.2, 0) is 10.2 Å². The lowest BCUT2D eigenvalue weighted by atomic mass is 9.60. The number of likely N-dealkylation sites (N-methyl/N-ethyl adjacent to an activating group) is 1. The van der Waals surface area contributed by atoms with E-state index in [2.05, 4.69) is 47.2 Å². The third kappa shape index (κ3) is 2.29. The van der Waals surface area contributed by atoms with E-state index in [9.17, 15) is 0 Å². The smallest absolute Gasteiger partial charge is 0.120 e. The Hall–Kier alpha value is -1.52. The normalized spacial score (nSPS) is 39.0. The van der Waals surface area contributed by atoms with Gasteiger partial charge in [-0.2, -0.15) is 0 Å². The van der Waals surface area contributed by atoms with E-state index >= 15 is 0 Å². The Morgan fingerprint density at radius 3 is 2.63 bits per heavy atom. The quantitative estimate of drug-likeness (QED) is 0.555. The summed E-state index contributed by atoms with van der Waals surface area (Å²) in [7, 11) is 4.00. The number of ether oxygens (including phenoxy) is 2. The number of rotatable bonds is 1. The van der Waals surface area contributed by atoms with Crippen molar-refractivity contribution in [3.8, 4) is 5.75 Å². The van der Waals surface area contributed by atoms with Crippen molar-refractivity contribution < 1.29 is 9.47 Å². The first-order chi connectivity index (χ1) is 13.3. The lowest BCUT2D eigenvalue weighted by molar-refractivity contribution is 0.127. The number of benzene rings is 1. The maximum atomic E-state index is 6.22. The van der Waals surface area contributed by atoms with Gasteiger partial charge in [0.2, 0.25) is 0 Å². The maximum absolute atomic E-state index is 6.22. The molecule has 0 N–H and O–H groups in total. The van der Waals surface area contributed by atoms with Gasteiger partial charge in [0.05, 0.1) is 19.3 Å². The zero-order valence-corrected chi connectivity index (χ0v) is 17.6. The molecule has 4 heteroatoms. The third-order valence-electron chi connectivity index (χ3n) is 7.08. The molecule has 1 aliphatic carbocycles. The largest absolute Gasteiger partial charge is 0.497 e. The van der Waals surface area contributed by atoms with Crippen LogP contribution in [0.2, 0.25) is 0 Å². The summed E-state index contributed by atoms with van der Waals surface area (Å²) in [6.07, 6.45) is 6.86. The van der Waals surface area contributed by atoms with Gasteiger partial charge in [-0.3, -0.25) is 4.90 Å². The molecule has 2 saturated heterocycles. The van der Waals surface area contributed by atoms with Crippen molar-refractivity contribution in [2.75, 3.05) is 32.1 Å². The van der Waals surface area contributed by atoms with E-state index in [0.29, 0.717) is 30.2 Å². The zero-order chi connectivity index (χ0) is 19.3. The maximum Gasteiger partial charge on any atom is 0.120 e. The van der Waals surface area contributed by atoms with Crippen molar-refractivity contribution >= 4 is 5.69 Å². The average molecular weight is 371 g/mol. The van der Waals surface area contributed by atoms with Crippen LogP contribution in [0.25, 0.3) is 0 Å². The molecule has 148 valence electrons. The van der Waals surface area contributed by atoms with Gasteiger partial charge < -0.3 is 14.4 Å². The first-order valence-corrected chi connectivity index (χ1v) is 10.7. The van der Waals surface area contributed by atoms with Crippen LogP contribution in [0.5, 0.6) is 5.75 Å². The highest BCUT2D eigenvalue weighted by Crippen LogP contribution is 2.64. The van der Waals surface area contributed by atoms with Crippen LogP contribution in [0.3, 0.4) is 0 Å². The monoisotopic (exact) mass is 370 g/mol. The Morgan fingerprint density at radius 1 is 1.11 bits per heavy atom. The third-order valence-corrected chi connectivity index (χ3v) is 7.08. The summed E-state index contributed by atoms with van der Waals surface area (Å²) < 4.78 is 11.7. The van der Waals surface area contributed by atoms with Crippen LogP contribution in [0.15, 0.2) is 30.4 Å². The molecule has 4 aliphatic heterocycles. The van der Waals surface area contributed by atoms with Crippen molar-refractivity contribution in [3.05, 3.63) is 35.9 Å². The Bertz CT molecular complexity index is 733. The summed E-state index contributed by atoms with van der Waals surface area (Å²) in [5, 5.41) is 0. The lowest BCUT2D eigenvalue weighted by Gasteiger charge is -2.48. The topological polar surface area (TPSA) is 28.2 Å². The van der Waals surface area contributed by atoms with Crippen molar-refractivity contribution in [1.82, 2.24) is 4.90 Å². The Morgan fingerprint density at radius 2 is 1.89 bits per heavy atom. The number of nitrogens with zero attached hydrogens (tertiary/aromatic N) is 2. The zero-order valence-electron chi connectivity index (χ0n) is 17.6. The molecule has 6 rings (SSSR count). The molecule has 5 aliphatic rings. The Labute approximate surface area is 164 Å². The number of epoxide rings is 1. The molecular weight excluding hydrogens is 336 g/mol. The number of methoxy groups -OCH3 is 1. The fourth-order valence-electron chi connectivity index (χ4n) is 6.29. The van der Waals surface area contributed by atoms with Crippen LogP contribution in [0.1, 0.15) is 39.7 Å². The second kappa shape index (κ2) is 6.82. The van der Waals surface area contributed by atoms with Crippen molar-refractivity contribution in [1.29, 1.82) is 0 Å². The second-order valence-electron chi connectivity index (χ2n) is 7.74. The number of hydrogen-bond donors (Lipinski definition) is 0. The predicted molar refractivity (Wildman–Crippen MR) is 111 cm³/mol. The van der Waals surface area contributed by atoms with Crippen molar-refractivity contribution in [2.24, 2.45) is 5.92 Å². The summed E-state index contributed by atoms with van der Waals surface area (Å²) in [5.41, 5.74) is 3.09. The van der Waals surface area contributed by atoms with Crippen molar-refractivity contribution in [3.63, 3.8) is 0 Å². The van der Waals surface area contributed by atoms with E-state index in [1.807, 2.05) is 27.7 Å². The SMILES string of the molecule is CC.CC.COc1ccc2c(c1)N(C)C1C3OC3C3C=CCN4CCC21C34. The average Bonchev–Trinajstić information content (AvgIpc) is 3.38. The minimum Gasteiger partial charge on any atom is -0.497 e. The molecule has 0 bridgehead atoms.